The number of hydrogen-bond donors (Lipinski definition) is 2. The van der Waals surface area contributed by atoms with Gasteiger partial charge in [0, 0.05) is 29.8 Å². The van der Waals surface area contributed by atoms with Crippen molar-refractivity contribution in [1.29, 1.82) is 0 Å². The van der Waals surface area contributed by atoms with E-state index in [-0.39, 0.29) is 11.7 Å². The van der Waals surface area contributed by atoms with Gasteiger partial charge in [0.05, 0.1) is 0 Å². The van der Waals surface area contributed by atoms with Gasteiger partial charge in [-0.05, 0) is 30.2 Å². The monoisotopic (exact) mass is 300 g/mol. The van der Waals surface area contributed by atoms with Crippen molar-refractivity contribution in [3.63, 3.8) is 0 Å². The molecule has 0 atom stereocenters. The van der Waals surface area contributed by atoms with Crippen molar-refractivity contribution in [2.45, 2.75) is 20.4 Å². The van der Waals surface area contributed by atoms with Crippen molar-refractivity contribution in [3.05, 3.63) is 48.2 Å². The second kappa shape index (κ2) is 5.63. The molecule has 114 valence electrons. The second-order valence-corrected chi connectivity index (χ2v) is 5.67. The van der Waals surface area contributed by atoms with Gasteiger partial charge in [-0.25, -0.2) is 9.37 Å². The van der Waals surface area contributed by atoms with Crippen LogP contribution < -0.4 is 5.32 Å². The summed E-state index contributed by atoms with van der Waals surface area (Å²) in [6.07, 6.45) is 3.48. The molecule has 0 saturated carbocycles. The molecule has 1 aromatic carbocycles. The van der Waals surface area contributed by atoms with Crippen molar-refractivity contribution in [2.24, 2.45) is 5.92 Å². The van der Waals surface area contributed by atoms with Crippen LogP contribution >= 0.6 is 0 Å². The highest BCUT2D eigenvalue weighted by molar-refractivity contribution is 6.05. The van der Waals surface area contributed by atoms with Crippen molar-refractivity contribution in [1.82, 2.24) is 14.5 Å². The molecule has 2 aromatic heterocycles. The number of carbonyl (C=O) groups is 1. The van der Waals surface area contributed by atoms with Crippen LogP contribution in [0.2, 0.25) is 0 Å². The summed E-state index contributed by atoms with van der Waals surface area (Å²) < 4.78 is 15.1. The smallest absolute Gasteiger partial charge is 0.274 e. The molecule has 0 fully saturated rings. The fraction of sp³-hybridized carbons (Fsp3) is 0.250. The summed E-state index contributed by atoms with van der Waals surface area (Å²) in [5.74, 6) is 0.322. The third-order valence-corrected chi connectivity index (χ3v) is 3.33. The highest BCUT2D eigenvalue weighted by Gasteiger charge is 2.13. The van der Waals surface area contributed by atoms with Gasteiger partial charge in [-0.1, -0.05) is 13.8 Å². The lowest BCUT2D eigenvalue weighted by Crippen LogP contribution is -2.17. The molecule has 22 heavy (non-hydrogen) atoms. The Balaban J connectivity index is 1.83. The fourth-order valence-electron chi connectivity index (χ4n) is 2.37. The largest absolute Gasteiger partial charge is 0.351 e. The Labute approximate surface area is 127 Å². The number of rotatable bonds is 4. The highest BCUT2D eigenvalue weighted by Crippen LogP contribution is 2.18. The average molecular weight is 300 g/mol. The van der Waals surface area contributed by atoms with E-state index < -0.39 is 0 Å². The summed E-state index contributed by atoms with van der Waals surface area (Å²) in [5, 5.41) is 3.44. The molecule has 5 nitrogen and oxygen atoms in total. The van der Waals surface area contributed by atoms with Crippen molar-refractivity contribution >= 4 is 22.8 Å². The fourth-order valence-corrected chi connectivity index (χ4v) is 2.37. The zero-order valence-corrected chi connectivity index (χ0v) is 12.4. The van der Waals surface area contributed by atoms with Crippen molar-refractivity contribution in [2.75, 3.05) is 5.32 Å². The van der Waals surface area contributed by atoms with Crippen LogP contribution in [0.4, 0.5) is 10.3 Å². The molecule has 0 aliphatic rings. The van der Waals surface area contributed by atoms with Gasteiger partial charge >= 0.3 is 0 Å². The molecule has 2 N–H and O–H groups in total. The number of hydrogen-bond acceptors (Lipinski definition) is 2. The van der Waals surface area contributed by atoms with Crippen LogP contribution in [0.25, 0.3) is 10.9 Å². The normalized spacial score (nSPS) is 11.3. The molecule has 0 saturated heterocycles. The number of nitrogens with zero attached hydrogens (tertiary/aromatic N) is 2. The molecule has 3 aromatic rings. The molecule has 0 bridgehead atoms. The van der Waals surface area contributed by atoms with Gasteiger partial charge < -0.3 is 9.55 Å². The number of aromatic nitrogens is 3. The molecular weight excluding hydrogens is 283 g/mol. The van der Waals surface area contributed by atoms with E-state index >= 15 is 0 Å². The van der Waals surface area contributed by atoms with E-state index in [1.54, 1.807) is 18.3 Å². The number of nitrogens with one attached hydrogen (secondary N) is 2. The van der Waals surface area contributed by atoms with Crippen LogP contribution in [0.3, 0.4) is 0 Å². The molecule has 0 spiro atoms. The Bertz CT molecular complexity index is 819. The Morgan fingerprint density at radius 1 is 1.41 bits per heavy atom. The predicted molar refractivity (Wildman–Crippen MR) is 83.3 cm³/mol. The van der Waals surface area contributed by atoms with Gasteiger partial charge in [0.1, 0.15) is 11.5 Å². The SMILES string of the molecule is CC(C)Cn1ccnc1NC(=O)c1cc2cc(F)ccc2[nH]1. The second-order valence-electron chi connectivity index (χ2n) is 5.67. The number of imidazole rings is 1. The third kappa shape index (κ3) is 2.86. The number of carbonyl (C=O) groups excluding carboxylic acids is 1. The van der Waals surface area contributed by atoms with E-state index in [4.69, 9.17) is 0 Å². The average Bonchev–Trinajstić information content (AvgIpc) is 3.05. The maximum absolute atomic E-state index is 13.2. The quantitative estimate of drug-likeness (QED) is 0.775. The summed E-state index contributed by atoms with van der Waals surface area (Å²) in [6.45, 7) is 4.96. The van der Waals surface area contributed by atoms with Crippen LogP contribution in [0.15, 0.2) is 36.7 Å². The first-order valence-corrected chi connectivity index (χ1v) is 7.13. The zero-order chi connectivity index (χ0) is 15.7. The summed E-state index contributed by atoms with van der Waals surface area (Å²) in [4.78, 5) is 19.5. The minimum Gasteiger partial charge on any atom is -0.351 e. The lowest BCUT2D eigenvalue weighted by atomic mass is 10.2. The van der Waals surface area contributed by atoms with E-state index in [1.165, 1.54) is 12.1 Å². The minimum atomic E-state index is -0.328. The first kappa shape index (κ1) is 14.3. The van der Waals surface area contributed by atoms with E-state index in [1.807, 2.05) is 10.8 Å². The maximum atomic E-state index is 13.2. The molecular formula is C16H17FN4O. The number of anilines is 1. The zero-order valence-electron chi connectivity index (χ0n) is 12.4. The summed E-state index contributed by atoms with van der Waals surface area (Å²) in [7, 11) is 0. The maximum Gasteiger partial charge on any atom is 0.274 e. The molecule has 0 unspecified atom stereocenters. The van der Waals surface area contributed by atoms with Gasteiger partial charge in [-0.15, -0.1) is 0 Å². The molecule has 2 heterocycles. The van der Waals surface area contributed by atoms with Gasteiger partial charge in [-0.3, -0.25) is 10.1 Å². The van der Waals surface area contributed by atoms with Crippen LogP contribution in [-0.4, -0.2) is 20.4 Å². The standard InChI is InChI=1S/C16H17FN4O/c1-10(2)9-21-6-5-18-16(21)20-15(22)14-8-11-7-12(17)3-4-13(11)19-14/h3-8,10,19H,9H2,1-2H3,(H,18,20,22). The lowest BCUT2D eigenvalue weighted by molar-refractivity contribution is 0.102. The number of fused-ring (bicyclic) bond motifs is 1. The van der Waals surface area contributed by atoms with Crippen molar-refractivity contribution in [3.8, 4) is 0 Å². The van der Waals surface area contributed by atoms with Crippen LogP contribution in [0.5, 0.6) is 0 Å². The number of amides is 1. The van der Waals surface area contributed by atoms with E-state index in [0.717, 1.165) is 12.1 Å². The summed E-state index contributed by atoms with van der Waals surface area (Å²) in [5.41, 5.74) is 1.09. The Morgan fingerprint density at radius 2 is 2.23 bits per heavy atom. The molecule has 0 radical (unpaired) electrons. The Morgan fingerprint density at radius 3 is 3.00 bits per heavy atom. The van der Waals surface area contributed by atoms with Crippen molar-refractivity contribution < 1.29 is 9.18 Å². The molecule has 6 heteroatoms. The number of H-pyrrole nitrogens is 1. The Hall–Kier alpha value is -2.63. The van der Waals surface area contributed by atoms with E-state index in [9.17, 15) is 9.18 Å². The van der Waals surface area contributed by atoms with Gasteiger partial charge in [0.15, 0.2) is 0 Å². The number of benzene rings is 1. The third-order valence-electron chi connectivity index (χ3n) is 3.33. The van der Waals surface area contributed by atoms with Crippen LogP contribution in [-0.2, 0) is 6.54 Å². The van der Waals surface area contributed by atoms with Gasteiger partial charge in [0.25, 0.3) is 5.91 Å². The molecule has 0 aliphatic heterocycles. The number of halogens is 1. The van der Waals surface area contributed by atoms with Gasteiger partial charge in [-0.2, -0.15) is 0 Å². The molecule has 1 amide bonds. The van der Waals surface area contributed by atoms with Crippen LogP contribution in [0.1, 0.15) is 24.3 Å². The highest BCUT2D eigenvalue weighted by atomic mass is 19.1. The predicted octanol–water partition coefficient (Wildman–Crippen LogP) is 3.41. The first-order valence-electron chi connectivity index (χ1n) is 7.13. The van der Waals surface area contributed by atoms with Gasteiger partial charge in [0.2, 0.25) is 5.95 Å². The Kier molecular flexibility index (Phi) is 3.66. The first-order chi connectivity index (χ1) is 10.5. The van der Waals surface area contributed by atoms with E-state index in [0.29, 0.717) is 22.9 Å². The summed E-state index contributed by atoms with van der Waals surface area (Å²) >= 11 is 0. The topological polar surface area (TPSA) is 62.7 Å². The number of aromatic amines is 1. The molecule has 3 rings (SSSR count). The van der Waals surface area contributed by atoms with E-state index in [2.05, 4.69) is 29.1 Å². The minimum absolute atomic E-state index is 0.298. The molecule has 0 aliphatic carbocycles. The summed E-state index contributed by atoms with van der Waals surface area (Å²) in [6, 6.07) is 5.99. The lowest BCUT2D eigenvalue weighted by Gasteiger charge is -2.10. The van der Waals surface area contributed by atoms with Crippen LogP contribution in [0, 0.1) is 11.7 Å².